The van der Waals surface area contributed by atoms with Gasteiger partial charge in [0, 0.05) is 18.0 Å². The van der Waals surface area contributed by atoms with Crippen LogP contribution in [0.25, 0.3) is 0 Å². The fourth-order valence-corrected chi connectivity index (χ4v) is 1.81. The molecule has 2 aromatic heterocycles. The van der Waals surface area contributed by atoms with Crippen LogP contribution >= 0.6 is 0 Å². The minimum Gasteiger partial charge on any atom is -0.508 e. The van der Waals surface area contributed by atoms with E-state index in [1.165, 1.54) is 10.6 Å². The van der Waals surface area contributed by atoms with Crippen molar-refractivity contribution in [3.8, 4) is 5.75 Å². The van der Waals surface area contributed by atoms with Crippen LogP contribution in [0.4, 0.5) is 0 Å². The normalized spacial score (nSPS) is 10.2. The summed E-state index contributed by atoms with van der Waals surface area (Å²) in [5, 5.41) is 12.0. The van der Waals surface area contributed by atoms with E-state index < -0.39 is 5.56 Å². The molecular formula is C14H15N3O3. The first kappa shape index (κ1) is 13.8. The molecule has 0 aliphatic carbocycles. The van der Waals surface area contributed by atoms with E-state index in [9.17, 15) is 14.7 Å². The second kappa shape index (κ2) is 6.01. The summed E-state index contributed by atoms with van der Waals surface area (Å²) < 4.78 is 1.30. The Labute approximate surface area is 115 Å². The van der Waals surface area contributed by atoms with Crippen LogP contribution in [0.3, 0.4) is 0 Å². The van der Waals surface area contributed by atoms with Crippen molar-refractivity contribution < 1.29 is 9.90 Å². The molecule has 2 heterocycles. The maximum atomic E-state index is 11.8. The van der Waals surface area contributed by atoms with Crippen LogP contribution in [-0.2, 0) is 17.9 Å². The second-order valence-corrected chi connectivity index (χ2v) is 4.38. The molecule has 20 heavy (non-hydrogen) atoms. The zero-order chi connectivity index (χ0) is 14.5. The lowest BCUT2D eigenvalue weighted by Gasteiger charge is -2.10. The molecule has 0 saturated carbocycles. The van der Waals surface area contributed by atoms with Gasteiger partial charge in [-0.15, -0.1) is 0 Å². The fraction of sp³-hybridized carbons (Fsp3) is 0.214. The molecule has 104 valence electrons. The van der Waals surface area contributed by atoms with Crippen molar-refractivity contribution in [3.05, 3.63) is 58.3 Å². The summed E-state index contributed by atoms with van der Waals surface area (Å²) in [6, 6.07) is 7.96. The Hall–Kier alpha value is -2.63. The van der Waals surface area contributed by atoms with Crippen LogP contribution in [0.1, 0.15) is 11.4 Å². The molecule has 2 aromatic rings. The molecule has 0 aromatic carbocycles. The topological polar surface area (TPSA) is 84.2 Å². The molecule has 0 fully saturated rings. The highest BCUT2D eigenvalue weighted by Crippen LogP contribution is 2.06. The average Bonchev–Trinajstić information content (AvgIpc) is 2.42. The van der Waals surface area contributed by atoms with Gasteiger partial charge in [-0.1, -0.05) is 6.07 Å². The van der Waals surface area contributed by atoms with Gasteiger partial charge in [-0.3, -0.25) is 14.6 Å². The SMILES string of the molecule is Cc1cc(O)cc(=O)n1CC(=O)NCc1ccccn1. The van der Waals surface area contributed by atoms with Crippen molar-refractivity contribution in [2.45, 2.75) is 20.0 Å². The number of hydrogen-bond acceptors (Lipinski definition) is 4. The Morgan fingerprint density at radius 2 is 2.20 bits per heavy atom. The number of carbonyl (C=O) groups is 1. The number of rotatable bonds is 4. The molecule has 0 spiro atoms. The van der Waals surface area contributed by atoms with Crippen molar-refractivity contribution >= 4 is 5.91 Å². The number of aryl methyl sites for hydroxylation is 1. The van der Waals surface area contributed by atoms with Gasteiger partial charge in [0.15, 0.2) is 0 Å². The van der Waals surface area contributed by atoms with Crippen LogP contribution < -0.4 is 10.9 Å². The van der Waals surface area contributed by atoms with Crippen molar-refractivity contribution in [1.29, 1.82) is 0 Å². The minimum atomic E-state index is -0.407. The van der Waals surface area contributed by atoms with Gasteiger partial charge in [0.2, 0.25) is 5.91 Å². The zero-order valence-corrected chi connectivity index (χ0v) is 11.0. The molecule has 0 radical (unpaired) electrons. The van der Waals surface area contributed by atoms with Gasteiger partial charge in [0.25, 0.3) is 5.56 Å². The van der Waals surface area contributed by atoms with Crippen LogP contribution in [0, 0.1) is 6.92 Å². The first-order chi connectivity index (χ1) is 9.56. The number of hydrogen-bond donors (Lipinski definition) is 2. The van der Waals surface area contributed by atoms with E-state index in [1.54, 1.807) is 25.3 Å². The summed E-state index contributed by atoms with van der Waals surface area (Å²) in [6.07, 6.45) is 1.65. The first-order valence-electron chi connectivity index (χ1n) is 6.13. The predicted molar refractivity (Wildman–Crippen MR) is 73.2 cm³/mol. The monoisotopic (exact) mass is 273 g/mol. The van der Waals surface area contributed by atoms with Gasteiger partial charge in [-0.2, -0.15) is 0 Å². The molecule has 2 N–H and O–H groups in total. The Morgan fingerprint density at radius 3 is 2.85 bits per heavy atom. The molecule has 6 nitrogen and oxygen atoms in total. The van der Waals surface area contributed by atoms with Crippen LogP contribution in [0.15, 0.2) is 41.3 Å². The van der Waals surface area contributed by atoms with E-state index in [2.05, 4.69) is 10.3 Å². The molecule has 0 aliphatic rings. The Morgan fingerprint density at radius 1 is 1.40 bits per heavy atom. The number of carbonyl (C=O) groups excluding carboxylic acids is 1. The Bertz CT molecular complexity index is 665. The van der Waals surface area contributed by atoms with Gasteiger partial charge < -0.3 is 15.0 Å². The smallest absolute Gasteiger partial charge is 0.254 e. The summed E-state index contributed by atoms with van der Waals surface area (Å²) in [7, 11) is 0. The summed E-state index contributed by atoms with van der Waals surface area (Å²) in [5.74, 6) is -0.385. The fourth-order valence-electron chi connectivity index (χ4n) is 1.81. The number of aromatic nitrogens is 2. The lowest BCUT2D eigenvalue weighted by Crippen LogP contribution is -2.32. The highest BCUT2D eigenvalue weighted by molar-refractivity contribution is 5.75. The largest absolute Gasteiger partial charge is 0.508 e. The van der Waals surface area contributed by atoms with Crippen LogP contribution in [-0.4, -0.2) is 20.6 Å². The van der Waals surface area contributed by atoms with Crippen molar-refractivity contribution in [1.82, 2.24) is 14.9 Å². The summed E-state index contributed by atoms with van der Waals surface area (Å²) in [5.41, 5.74) is 0.870. The molecular weight excluding hydrogens is 258 g/mol. The third kappa shape index (κ3) is 3.44. The van der Waals surface area contributed by atoms with Gasteiger partial charge in [-0.05, 0) is 25.1 Å². The van der Waals surface area contributed by atoms with E-state index in [0.29, 0.717) is 12.2 Å². The van der Waals surface area contributed by atoms with E-state index in [1.807, 2.05) is 6.07 Å². The quantitative estimate of drug-likeness (QED) is 0.853. The Balaban J connectivity index is 2.00. The third-order valence-electron chi connectivity index (χ3n) is 2.81. The number of aromatic hydroxyl groups is 1. The highest BCUT2D eigenvalue weighted by Gasteiger charge is 2.08. The molecule has 0 unspecified atom stereocenters. The zero-order valence-electron chi connectivity index (χ0n) is 11.0. The summed E-state index contributed by atoms with van der Waals surface area (Å²) in [6.45, 7) is 1.89. The van der Waals surface area contributed by atoms with E-state index >= 15 is 0 Å². The number of amides is 1. The highest BCUT2D eigenvalue weighted by atomic mass is 16.3. The second-order valence-electron chi connectivity index (χ2n) is 4.38. The number of pyridine rings is 2. The lowest BCUT2D eigenvalue weighted by atomic mass is 10.3. The predicted octanol–water partition coefficient (Wildman–Crippen LogP) is 0.574. The molecule has 0 bridgehead atoms. The number of nitrogens with one attached hydrogen (secondary N) is 1. The summed E-state index contributed by atoms with van der Waals surface area (Å²) in [4.78, 5) is 27.6. The molecule has 0 saturated heterocycles. The van der Waals surface area contributed by atoms with Crippen LogP contribution in [0.5, 0.6) is 5.75 Å². The van der Waals surface area contributed by atoms with Gasteiger partial charge >= 0.3 is 0 Å². The lowest BCUT2D eigenvalue weighted by molar-refractivity contribution is -0.121. The first-order valence-corrected chi connectivity index (χ1v) is 6.13. The van der Waals surface area contributed by atoms with Gasteiger partial charge in [0.1, 0.15) is 12.3 Å². The minimum absolute atomic E-state index is 0.0855. The molecule has 2 rings (SSSR count). The molecule has 0 atom stereocenters. The average molecular weight is 273 g/mol. The van der Waals surface area contributed by atoms with Crippen molar-refractivity contribution in [3.63, 3.8) is 0 Å². The Kier molecular flexibility index (Phi) is 4.14. The van der Waals surface area contributed by atoms with E-state index in [4.69, 9.17) is 0 Å². The van der Waals surface area contributed by atoms with Crippen molar-refractivity contribution in [2.24, 2.45) is 0 Å². The van der Waals surface area contributed by atoms with Crippen LogP contribution in [0.2, 0.25) is 0 Å². The third-order valence-corrected chi connectivity index (χ3v) is 2.81. The maximum absolute atomic E-state index is 11.8. The van der Waals surface area contributed by atoms with Crippen molar-refractivity contribution in [2.75, 3.05) is 0 Å². The van der Waals surface area contributed by atoms with Gasteiger partial charge in [-0.25, -0.2) is 0 Å². The molecule has 1 amide bonds. The summed E-state index contributed by atoms with van der Waals surface area (Å²) >= 11 is 0. The van der Waals surface area contributed by atoms with E-state index in [0.717, 1.165) is 11.8 Å². The standard InChI is InChI=1S/C14H15N3O3/c1-10-6-12(18)7-14(20)17(10)9-13(19)16-8-11-4-2-3-5-15-11/h2-7,18H,8-9H2,1H3,(H,16,19). The number of nitrogens with zero attached hydrogens (tertiary/aromatic N) is 2. The maximum Gasteiger partial charge on any atom is 0.254 e. The molecule has 0 aliphatic heterocycles. The van der Waals surface area contributed by atoms with E-state index in [-0.39, 0.29) is 18.2 Å². The molecule has 6 heteroatoms. The van der Waals surface area contributed by atoms with Gasteiger partial charge in [0.05, 0.1) is 12.2 Å².